The van der Waals surface area contributed by atoms with Crippen molar-refractivity contribution in [1.29, 1.82) is 0 Å². The number of hydrogen-bond donors (Lipinski definition) is 0. The van der Waals surface area contributed by atoms with E-state index in [0.29, 0.717) is 0 Å². The average Bonchev–Trinajstić information content (AvgIpc) is 2.03. The monoisotopic (exact) mass is 154 g/mol. The number of piperidine rings is 1. The molecule has 1 rings (SSSR count). The minimum atomic E-state index is 0.756. The number of hydrogen-bond acceptors (Lipinski definition) is 1. The minimum Gasteiger partial charge on any atom is -0.309 e. The lowest BCUT2D eigenvalue weighted by Crippen LogP contribution is -2.27. The van der Waals surface area contributed by atoms with Crippen molar-refractivity contribution in [1.82, 2.24) is 10.2 Å². The highest BCUT2D eigenvalue weighted by Crippen LogP contribution is 2.13. The molecule has 0 aromatic carbocycles. The van der Waals surface area contributed by atoms with Crippen molar-refractivity contribution in [2.24, 2.45) is 5.92 Å². The topological polar surface area (TPSA) is 17.3 Å². The third-order valence-corrected chi connectivity index (χ3v) is 2.10. The van der Waals surface area contributed by atoms with Gasteiger partial charge in [0.15, 0.2) is 0 Å². The fourth-order valence-electron chi connectivity index (χ4n) is 1.37. The smallest absolute Gasteiger partial charge is 0.0164 e. The Morgan fingerprint density at radius 2 is 2.36 bits per heavy atom. The first-order chi connectivity index (χ1) is 5.29. The van der Waals surface area contributed by atoms with E-state index in [9.17, 15) is 0 Å². The van der Waals surface area contributed by atoms with E-state index >= 15 is 0 Å². The van der Waals surface area contributed by atoms with E-state index in [-0.39, 0.29) is 0 Å². The van der Waals surface area contributed by atoms with Crippen LogP contribution in [0.3, 0.4) is 0 Å². The van der Waals surface area contributed by atoms with Crippen LogP contribution in [0.2, 0.25) is 0 Å². The van der Waals surface area contributed by atoms with Crippen LogP contribution in [0.5, 0.6) is 0 Å². The first-order valence-electron chi connectivity index (χ1n) is 4.40. The molecule has 1 aliphatic heterocycles. The van der Waals surface area contributed by atoms with Gasteiger partial charge in [-0.3, -0.25) is 0 Å². The van der Waals surface area contributed by atoms with Crippen molar-refractivity contribution in [3.05, 3.63) is 6.42 Å². The SMILES string of the molecule is CN(C)CCC1[CH]CC[N]C1. The van der Waals surface area contributed by atoms with E-state index in [4.69, 9.17) is 0 Å². The third-order valence-electron chi connectivity index (χ3n) is 2.10. The molecule has 1 heterocycles. The maximum Gasteiger partial charge on any atom is 0.0164 e. The van der Waals surface area contributed by atoms with Gasteiger partial charge in [0, 0.05) is 13.1 Å². The molecule has 64 valence electrons. The van der Waals surface area contributed by atoms with Crippen LogP contribution in [-0.2, 0) is 0 Å². The standard InChI is InChI=1S/C9H18N2/c1-11(2)7-5-9-4-3-6-10-8-9/h4,9H,3,5-8H2,1-2H3. The molecular weight excluding hydrogens is 136 g/mol. The Kier molecular flexibility index (Phi) is 3.87. The summed E-state index contributed by atoms with van der Waals surface area (Å²) in [6.07, 6.45) is 4.89. The molecule has 0 aromatic heterocycles. The van der Waals surface area contributed by atoms with Crippen molar-refractivity contribution < 1.29 is 0 Å². The molecule has 1 aliphatic rings. The van der Waals surface area contributed by atoms with Crippen LogP contribution in [0.1, 0.15) is 12.8 Å². The molecule has 0 saturated carbocycles. The highest BCUT2D eigenvalue weighted by atomic mass is 15.0. The van der Waals surface area contributed by atoms with Crippen molar-refractivity contribution in [3.8, 4) is 0 Å². The summed E-state index contributed by atoms with van der Waals surface area (Å²) in [5.41, 5.74) is 0. The zero-order chi connectivity index (χ0) is 8.10. The predicted molar refractivity (Wildman–Crippen MR) is 47.4 cm³/mol. The molecule has 1 saturated heterocycles. The van der Waals surface area contributed by atoms with Crippen LogP contribution in [0.15, 0.2) is 0 Å². The van der Waals surface area contributed by atoms with E-state index in [1.807, 2.05) is 0 Å². The second-order valence-electron chi connectivity index (χ2n) is 3.51. The molecule has 2 nitrogen and oxygen atoms in total. The van der Waals surface area contributed by atoms with Gasteiger partial charge >= 0.3 is 0 Å². The molecule has 0 aromatic rings. The van der Waals surface area contributed by atoms with Crippen LogP contribution >= 0.6 is 0 Å². The summed E-state index contributed by atoms with van der Waals surface area (Å²) in [6, 6.07) is 0. The summed E-state index contributed by atoms with van der Waals surface area (Å²) in [5.74, 6) is 0.756. The lowest BCUT2D eigenvalue weighted by molar-refractivity contribution is 0.342. The van der Waals surface area contributed by atoms with Crippen molar-refractivity contribution >= 4 is 0 Å². The van der Waals surface area contributed by atoms with Crippen LogP contribution in [0.25, 0.3) is 0 Å². The second kappa shape index (κ2) is 4.73. The van der Waals surface area contributed by atoms with E-state index in [1.165, 1.54) is 19.4 Å². The molecule has 0 N–H and O–H groups in total. The second-order valence-corrected chi connectivity index (χ2v) is 3.51. The van der Waals surface area contributed by atoms with Gasteiger partial charge in [0.05, 0.1) is 0 Å². The molecule has 0 spiro atoms. The first-order valence-corrected chi connectivity index (χ1v) is 4.40. The summed E-state index contributed by atoms with van der Waals surface area (Å²) in [4.78, 5) is 2.24. The summed E-state index contributed by atoms with van der Waals surface area (Å²) in [5, 5.41) is 4.39. The maximum absolute atomic E-state index is 4.39. The van der Waals surface area contributed by atoms with Crippen LogP contribution < -0.4 is 5.32 Å². The van der Waals surface area contributed by atoms with Crippen LogP contribution in [-0.4, -0.2) is 38.6 Å². The zero-order valence-electron chi connectivity index (χ0n) is 7.58. The molecule has 0 amide bonds. The minimum absolute atomic E-state index is 0.756. The fraction of sp³-hybridized carbons (Fsp3) is 0.889. The summed E-state index contributed by atoms with van der Waals surface area (Å²) < 4.78 is 0. The Labute approximate surface area is 70.0 Å². The Balaban J connectivity index is 2.05. The molecule has 0 aliphatic carbocycles. The van der Waals surface area contributed by atoms with Crippen molar-refractivity contribution in [2.45, 2.75) is 12.8 Å². The Bertz CT molecular complexity index is 95.7. The van der Waals surface area contributed by atoms with Crippen LogP contribution in [0.4, 0.5) is 0 Å². The highest BCUT2D eigenvalue weighted by molar-refractivity contribution is 4.83. The van der Waals surface area contributed by atoms with Gasteiger partial charge in [-0.2, -0.15) is 0 Å². The zero-order valence-corrected chi connectivity index (χ0v) is 7.58. The van der Waals surface area contributed by atoms with E-state index in [0.717, 1.165) is 19.0 Å². The van der Waals surface area contributed by atoms with Gasteiger partial charge in [0.1, 0.15) is 0 Å². The van der Waals surface area contributed by atoms with E-state index in [1.54, 1.807) is 0 Å². The molecule has 2 radical (unpaired) electrons. The largest absolute Gasteiger partial charge is 0.309 e. The fourth-order valence-corrected chi connectivity index (χ4v) is 1.37. The predicted octanol–water partition coefficient (Wildman–Crippen LogP) is 0.767. The van der Waals surface area contributed by atoms with Gasteiger partial charge in [0.25, 0.3) is 0 Å². The summed E-state index contributed by atoms with van der Waals surface area (Å²) in [7, 11) is 4.25. The quantitative estimate of drug-likeness (QED) is 0.587. The molecule has 2 heteroatoms. The van der Waals surface area contributed by atoms with Crippen molar-refractivity contribution in [2.75, 3.05) is 33.7 Å². The summed E-state index contributed by atoms with van der Waals surface area (Å²) in [6.45, 7) is 3.31. The highest BCUT2D eigenvalue weighted by Gasteiger charge is 2.13. The van der Waals surface area contributed by atoms with Crippen molar-refractivity contribution in [3.63, 3.8) is 0 Å². The molecule has 11 heavy (non-hydrogen) atoms. The summed E-state index contributed by atoms with van der Waals surface area (Å²) >= 11 is 0. The van der Waals surface area contributed by atoms with Crippen LogP contribution in [0, 0.1) is 12.3 Å². The molecule has 0 bridgehead atoms. The molecule has 1 unspecified atom stereocenters. The molecule has 1 atom stereocenters. The lowest BCUT2D eigenvalue weighted by Gasteiger charge is -2.22. The van der Waals surface area contributed by atoms with E-state index in [2.05, 4.69) is 30.7 Å². The number of nitrogens with zero attached hydrogens (tertiary/aromatic N) is 2. The average molecular weight is 154 g/mol. The number of rotatable bonds is 3. The lowest BCUT2D eigenvalue weighted by atomic mass is 9.96. The Hall–Kier alpha value is -0.0800. The normalized spacial score (nSPS) is 25.9. The first kappa shape index (κ1) is 9.01. The Morgan fingerprint density at radius 1 is 1.55 bits per heavy atom. The third kappa shape index (κ3) is 3.73. The van der Waals surface area contributed by atoms with Gasteiger partial charge in [0.2, 0.25) is 0 Å². The molecular formula is C9H18N2. The van der Waals surface area contributed by atoms with Gasteiger partial charge in [-0.25, -0.2) is 5.32 Å². The van der Waals surface area contributed by atoms with Gasteiger partial charge in [-0.15, -0.1) is 0 Å². The molecule has 1 fully saturated rings. The Morgan fingerprint density at radius 3 is 2.91 bits per heavy atom. The van der Waals surface area contributed by atoms with E-state index < -0.39 is 0 Å². The van der Waals surface area contributed by atoms with Gasteiger partial charge in [-0.05, 0) is 45.8 Å². The van der Waals surface area contributed by atoms with Gasteiger partial charge in [-0.1, -0.05) is 0 Å². The maximum atomic E-state index is 4.39. The van der Waals surface area contributed by atoms with Gasteiger partial charge < -0.3 is 4.90 Å².